The molecule has 0 bridgehead atoms. The Morgan fingerprint density at radius 1 is 1.42 bits per heavy atom. The molecule has 1 aromatic rings. The van der Waals surface area contributed by atoms with E-state index >= 15 is 0 Å². The predicted molar refractivity (Wildman–Crippen MR) is 66.4 cm³/mol. The van der Waals surface area contributed by atoms with Crippen LogP contribution in [0, 0.1) is 0 Å². The van der Waals surface area contributed by atoms with Gasteiger partial charge in [-0.1, -0.05) is 0 Å². The first-order valence-electron chi connectivity index (χ1n) is 6.10. The Hall–Kier alpha value is -1.69. The van der Waals surface area contributed by atoms with Crippen LogP contribution in [0.4, 0.5) is 8.78 Å². The third-order valence-corrected chi connectivity index (χ3v) is 3.23. The Bertz CT molecular complexity index is 431. The average Bonchev–Trinajstić information content (AvgIpc) is 2.91. The number of hydrogen-bond acceptors (Lipinski definition) is 3. The van der Waals surface area contributed by atoms with E-state index in [-0.39, 0.29) is 17.7 Å². The molecular formula is C13H16F2N2O2. The zero-order chi connectivity index (χ0) is 13.8. The summed E-state index contributed by atoms with van der Waals surface area (Å²) >= 11 is 0. The van der Waals surface area contributed by atoms with Crippen molar-refractivity contribution in [1.82, 2.24) is 10.2 Å². The molecule has 0 radical (unpaired) electrons. The highest BCUT2D eigenvalue weighted by Crippen LogP contribution is 2.17. The van der Waals surface area contributed by atoms with Crippen LogP contribution in [-0.4, -0.2) is 43.6 Å². The zero-order valence-corrected chi connectivity index (χ0v) is 10.6. The summed E-state index contributed by atoms with van der Waals surface area (Å²) in [5.41, 5.74) is 0.469. The van der Waals surface area contributed by atoms with Gasteiger partial charge in [0.25, 0.3) is 5.91 Å². The van der Waals surface area contributed by atoms with Crippen LogP contribution in [0.2, 0.25) is 0 Å². The van der Waals surface area contributed by atoms with Crippen LogP contribution in [0.3, 0.4) is 0 Å². The lowest BCUT2D eigenvalue weighted by atomic mass is 10.1. The molecule has 1 aliphatic heterocycles. The molecular weight excluding hydrogens is 254 g/mol. The molecule has 6 heteroatoms. The second-order valence-electron chi connectivity index (χ2n) is 4.47. The third-order valence-electron chi connectivity index (χ3n) is 3.23. The molecule has 1 N–H and O–H groups in total. The Morgan fingerprint density at radius 2 is 2.11 bits per heavy atom. The fourth-order valence-corrected chi connectivity index (χ4v) is 2.12. The maximum Gasteiger partial charge on any atom is 0.387 e. The van der Waals surface area contributed by atoms with Gasteiger partial charge in [0.1, 0.15) is 5.75 Å². The molecule has 0 spiro atoms. The van der Waals surface area contributed by atoms with Gasteiger partial charge >= 0.3 is 6.61 Å². The molecule has 1 atom stereocenters. The standard InChI is InChI=1S/C13H16F2N2O2/c1-17(10-6-7-16-8-10)12(18)9-2-4-11(5-3-9)19-13(14)15/h2-5,10,13,16H,6-8H2,1H3/t10-/m0/s1. The van der Waals surface area contributed by atoms with Crippen LogP contribution in [0.1, 0.15) is 16.8 Å². The summed E-state index contributed by atoms with van der Waals surface area (Å²) in [6, 6.07) is 5.93. The highest BCUT2D eigenvalue weighted by Gasteiger charge is 2.23. The lowest BCUT2D eigenvalue weighted by Gasteiger charge is -2.23. The van der Waals surface area contributed by atoms with Crippen LogP contribution < -0.4 is 10.1 Å². The van der Waals surface area contributed by atoms with Gasteiger partial charge in [0.2, 0.25) is 0 Å². The van der Waals surface area contributed by atoms with E-state index in [2.05, 4.69) is 10.1 Å². The maximum absolute atomic E-state index is 12.2. The Morgan fingerprint density at radius 3 is 2.63 bits per heavy atom. The van der Waals surface area contributed by atoms with Crippen molar-refractivity contribution in [3.05, 3.63) is 29.8 Å². The van der Waals surface area contributed by atoms with Crippen molar-refractivity contribution in [2.45, 2.75) is 19.1 Å². The van der Waals surface area contributed by atoms with Gasteiger partial charge < -0.3 is 15.0 Å². The second-order valence-corrected chi connectivity index (χ2v) is 4.47. The number of carbonyl (C=O) groups is 1. The van der Waals surface area contributed by atoms with Gasteiger partial charge in [0.15, 0.2) is 0 Å². The van der Waals surface area contributed by atoms with Crippen molar-refractivity contribution in [2.75, 3.05) is 20.1 Å². The number of amides is 1. The summed E-state index contributed by atoms with van der Waals surface area (Å²) in [5.74, 6) is -0.0611. The van der Waals surface area contributed by atoms with E-state index in [1.54, 1.807) is 11.9 Å². The molecule has 0 unspecified atom stereocenters. The molecule has 4 nitrogen and oxygen atoms in total. The fourth-order valence-electron chi connectivity index (χ4n) is 2.12. The minimum atomic E-state index is -2.85. The van der Waals surface area contributed by atoms with Crippen molar-refractivity contribution in [2.24, 2.45) is 0 Å². The van der Waals surface area contributed by atoms with Crippen molar-refractivity contribution in [3.8, 4) is 5.75 Å². The molecule has 1 fully saturated rings. The quantitative estimate of drug-likeness (QED) is 0.905. The van der Waals surface area contributed by atoms with E-state index in [0.717, 1.165) is 19.5 Å². The van der Waals surface area contributed by atoms with E-state index in [9.17, 15) is 13.6 Å². The van der Waals surface area contributed by atoms with Crippen LogP contribution in [0.15, 0.2) is 24.3 Å². The molecule has 0 saturated carbocycles. The largest absolute Gasteiger partial charge is 0.435 e. The zero-order valence-electron chi connectivity index (χ0n) is 10.6. The molecule has 104 valence electrons. The summed E-state index contributed by atoms with van der Waals surface area (Å²) in [7, 11) is 1.75. The Labute approximate surface area is 110 Å². The van der Waals surface area contributed by atoms with Gasteiger partial charge in [-0.15, -0.1) is 0 Å². The number of ether oxygens (including phenoxy) is 1. The molecule has 19 heavy (non-hydrogen) atoms. The van der Waals surface area contributed by atoms with E-state index in [0.29, 0.717) is 5.56 Å². The molecule has 2 rings (SSSR count). The molecule has 0 aliphatic carbocycles. The lowest BCUT2D eigenvalue weighted by Crippen LogP contribution is -2.38. The number of hydrogen-bond donors (Lipinski definition) is 1. The van der Waals surface area contributed by atoms with Gasteiger partial charge in [0, 0.05) is 25.2 Å². The summed E-state index contributed by atoms with van der Waals surface area (Å²) in [6.07, 6.45) is 0.925. The van der Waals surface area contributed by atoms with E-state index in [4.69, 9.17) is 0 Å². The lowest BCUT2D eigenvalue weighted by molar-refractivity contribution is -0.0498. The summed E-state index contributed by atoms with van der Waals surface area (Å²) < 4.78 is 28.3. The molecule has 1 aromatic carbocycles. The van der Waals surface area contributed by atoms with E-state index in [1.807, 2.05) is 0 Å². The number of nitrogens with one attached hydrogen (secondary N) is 1. The van der Waals surface area contributed by atoms with E-state index < -0.39 is 6.61 Å². The second kappa shape index (κ2) is 5.97. The van der Waals surface area contributed by atoms with Crippen LogP contribution in [0.25, 0.3) is 0 Å². The number of benzene rings is 1. The SMILES string of the molecule is CN(C(=O)c1ccc(OC(F)F)cc1)[C@H]1CCNC1. The van der Waals surface area contributed by atoms with Crippen LogP contribution >= 0.6 is 0 Å². The summed E-state index contributed by atoms with van der Waals surface area (Å²) in [5, 5.41) is 3.19. The molecule has 1 aliphatic rings. The molecule has 0 aromatic heterocycles. The number of alkyl halides is 2. The van der Waals surface area contributed by atoms with Crippen LogP contribution in [0.5, 0.6) is 5.75 Å². The predicted octanol–water partition coefficient (Wildman–Crippen LogP) is 1.72. The summed E-state index contributed by atoms with van der Waals surface area (Å²) in [6.45, 7) is -1.16. The monoisotopic (exact) mass is 270 g/mol. The number of carbonyl (C=O) groups excluding carboxylic acids is 1. The highest BCUT2D eigenvalue weighted by molar-refractivity contribution is 5.94. The van der Waals surface area contributed by atoms with Crippen LogP contribution in [-0.2, 0) is 0 Å². The van der Waals surface area contributed by atoms with Gasteiger partial charge in [-0.25, -0.2) is 0 Å². The molecule has 1 amide bonds. The fraction of sp³-hybridized carbons (Fsp3) is 0.462. The van der Waals surface area contributed by atoms with Crippen molar-refractivity contribution in [1.29, 1.82) is 0 Å². The minimum absolute atomic E-state index is 0.0525. The van der Waals surface area contributed by atoms with Crippen molar-refractivity contribution in [3.63, 3.8) is 0 Å². The first-order valence-corrected chi connectivity index (χ1v) is 6.10. The van der Waals surface area contributed by atoms with Gasteiger partial charge in [0.05, 0.1) is 0 Å². The molecule has 1 heterocycles. The third kappa shape index (κ3) is 3.41. The van der Waals surface area contributed by atoms with Gasteiger partial charge in [-0.2, -0.15) is 8.78 Å². The minimum Gasteiger partial charge on any atom is -0.435 e. The first kappa shape index (κ1) is 13.7. The molecule has 1 saturated heterocycles. The van der Waals surface area contributed by atoms with Gasteiger partial charge in [-0.05, 0) is 37.2 Å². The number of halogens is 2. The number of likely N-dealkylation sites (N-methyl/N-ethyl adjacent to an activating group) is 1. The number of nitrogens with zero attached hydrogens (tertiary/aromatic N) is 1. The average molecular weight is 270 g/mol. The van der Waals surface area contributed by atoms with Crippen molar-refractivity contribution < 1.29 is 18.3 Å². The maximum atomic E-state index is 12.2. The Kier molecular flexibility index (Phi) is 4.31. The van der Waals surface area contributed by atoms with E-state index in [1.165, 1.54) is 24.3 Å². The summed E-state index contributed by atoms with van der Waals surface area (Å²) in [4.78, 5) is 13.9. The highest BCUT2D eigenvalue weighted by atomic mass is 19.3. The smallest absolute Gasteiger partial charge is 0.387 e. The topological polar surface area (TPSA) is 41.6 Å². The van der Waals surface area contributed by atoms with Gasteiger partial charge in [-0.3, -0.25) is 4.79 Å². The number of rotatable bonds is 4. The van der Waals surface area contributed by atoms with Crippen molar-refractivity contribution >= 4 is 5.91 Å². The first-order chi connectivity index (χ1) is 9.08. The Balaban J connectivity index is 2.02. The normalized spacial score (nSPS) is 18.6.